The number of anilines is 2. The van der Waals surface area contributed by atoms with E-state index in [1.807, 2.05) is 24.4 Å². The molecule has 1 N–H and O–H groups in total. The van der Waals surface area contributed by atoms with E-state index in [0.717, 1.165) is 35.1 Å². The first-order valence-electron chi connectivity index (χ1n) is 11.8. The van der Waals surface area contributed by atoms with Gasteiger partial charge >= 0.3 is 0 Å². The smallest absolute Gasteiger partial charge is 0.243 e. The van der Waals surface area contributed by atoms with Crippen molar-refractivity contribution in [2.45, 2.75) is 31.7 Å². The predicted octanol–water partition coefficient (Wildman–Crippen LogP) is 4.63. The van der Waals surface area contributed by atoms with Crippen molar-refractivity contribution in [2.24, 2.45) is 0 Å². The Bertz CT molecular complexity index is 1520. The molecule has 1 aliphatic rings. The maximum atomic E-state index is 13.3. The van der Waals surface area contributed by atoms with Crippen molar-refractivity contribution in [3.8, 4) is 11.3 Å². The Labute approximate surface area is 215 Å². The highest BCUT2D eigenvalue weighted by Crippen LogP contribution is 2.33. The molecule has 0 spiro atoms. The lowest BCUT2D eigenvalue weighted by molar-refractivity contribution is 0.0730. The van der Waals surface area contributed by atoms with Gasteiger partial charge in [-0.2, -0.15) is 4.31 Å². The number of halogens is 1. The number of morpholine rings is 1. The standard InChI is InChI=1S/C25H27ClN6O3S/c1-3-10-31-16-20(19-6-8-27-24(26)23(19)31)21-7-9-28-25(30-21)29-18-5-4-17(2)22(15-18)36(33,34)32-11-13-35-14-12-32/h4-9,15-16H,3,10-14H2,1-2H3,(H,28,29,30). The number of sulfonamides is 1. The number of ether oxygens (including phenoxy) is 1. The molecule has 9 nitrogen and oxygen atoms in total. The zero-order valence-electron chi connectivity index (χ0n) is 20.1. The van der Waals surface area contributed by atoms with E-state index in [0.29, 0.717) is 48.7 Å². The number of aromatic nitrogens is 4. The van der Waals surface area contributed by atoms with Gasteiger partial charge in [-0.3, -0.25) is 0 Å². The van der Waals surface area contributed by atoms with Crippen LogP contribution in [0, 0.1) is 6.92 Å². The van der Waals surface area contributed by atoms with E-state index in [1.54, 1.807) is 31.5 Å². The molecule has 0 amide bonds. The summed E-state index contributed by atoms with van der Waals surface area (Å²) in [6.07, 6.45) is 6.35. The van der Waals surface area contributed by atoms with Crippen molar-refractivity contribution < 1.29 is 13.2 Å². The third-order valence-corrected chi connectivity index (χ3v) is 8.49. The van der Waals surface area contributed by atoms with E-state index in [-0.39, 0.29) is 4.90 Å². The molecule has 3 aromatic heterocycles. The fraction of sp³-hybridized carbons (Fsp3) is 0.320. The molecular formula is C25H27ClN6O3S. The first kappa shape index (κ1) is 24.6. The van der Waals surface area contributed by atoms with Crippen molar-refractivity contribution in [2.75, 3.05) is 31.6 Å². The van der Waals surface area contributed by atoms with E-state index < -0.39 is 10.0 Å². The maximum absolute atomic E-state index is 13.3. The topological polar surface area (TPSA) is 102 Å². The van der Waals surface area contributed by atoms with E-state index in [1.165, 1.54) is 4.31 Å². The number of hydrogen-bond donors (Lipinski definition) is 1. The highest BCUT2D eigenvalue weighted by atomic mass is 35.5. The zero-order chi connectivity index (χ0) is 25.3. The zero-order valence-corrected chi connectivity index (χ0v) is 21.7. The Kier molecular flexibility index (Phi) is 6.94. The van der Waals surface area contributed by atoms with Crippen LogP contribution in [0.5, 0.6) is 0 Å². The molecule has 1 fully saturated rings. The highest BCUT2D eigenvalue weighted by molar-refractivity contribution is 7.89. The van der Waals surface area contributed by atoms with Gasteiger partial charge in [0.05, 0.1) is 29.3 Å². The molecule has 0 atom stereocenters. The lowest BCUT2D eigenvalue weighted by atomic mass is 10.1. The predicted molar refractivity (Wildman–Crippen MR) is 140 cm³/mol. The van der Waals surface area contributed by atoms with Crippen LogP contribution in [-0.2, 0) is 21.3 Å². The van der Waals surface area contributed by atoms with Gasteiger partial charge in [0.2, 0.25) is 16.0 Å². The van der Waals surface area contributed by atoms with Crippen LogP contribution in [0.4, 0.5) is 11.6 Å². The summed E-state index contributed by atoms with van der Waals surface area (Å²) in [7, 11) is -3.64. The normalized spacial score (nSPS) is 14.9. The highest BCUT2D eigenvalue weighted by Gasteiger charge is 2.28. The molecule has 4 heterocycles. The molecule has 0 aliphatic carbocycles. The van der Waals surface area contributed by atoms with Crippen LogP contribution in [0.1, 0.15) is 18.9 Å². The molecule has 5 rings (SSSR count). The maximum Gasteiger partial charge on any atom is 0.243 e. The van der Waals surface area contributed by atoms with E-state index >= 15 is 0 Å². The number of rotatable bonds is 7. The fourth-order valence-electron chi connectivity index (χ4n) is 4.41. The third kappa shape index (κ3) is 4.69. The molecule has 1 saturated heterocycles. The molecule has 1 aliphatic heterocycles. The average molecular weight is 527 g/mol. The number of pyridine rings is 1. The lowest BCUT2D eigenvalue weighted by Gasteiger charge is -2.26. The van der Waals surface area contributed by atoms with Gasteiger partial charge in [-0.1, -0.05) is 24.6 Å². The second-order valence-electron chi connectivity index (χ2n) is 8.62. The quantitative estimate of drug-likeness (QED) is 0.350. The minimum atomic E-state index is -3.64. The molecule has 188 valence electrons. The van der Waals surface area contributed by atoms with E-state index in [2.05, 4.69) is 26.8 Å². The summed E-state index contributed by atoms with van der Waals surface area (Å²) in [6, 6.07) is 9.01. The van der Waals surface area contributed by atoms with Crippen molar-refractivity contribution in [1.29, 1.82) is 0 Å². The van der Waals surface area contributed by atoms with Crippen LogP contribution in [0.2, 0.25) is 5.15 Å². The second-order valence-corrected chi connectivity index (χ2v) is 10.9. The van der Waals surface area contributed by atoms with Gasteiger partial charge < -0.3 is 14.6 Å². The van der Waals surface area contributed by atoms with Gasteiger partial charge in [-0.15, -0.1) is 0 Å². The Morgan fingerprint density at radius 1 is 1.11 bits per heavy atom. The SMILES string of the molecule is CCCn1cc(-c2ccnc(Nc3ccc(C)c(S(=O)(=O)N4CCOCC4)c3)n2)c2ccnc(Cl)c21. The largest absolute Gasteiger partial charge is 0.379 e. The number of aryl methyl sites for hydroxylation is 2. The average Bonchev–Trinajstić information content (AvgIpc) is 3.26. The number of fused-ring (bicyclic) bond motifs is 1. The molecule has 11 heteroatoms. The summed E-state index contributed by atoms with van der Waals surface area (Å²) in [5.41, 5.74) is 3.79. The molecule has 0 bridgehead atoms. The number of nitrogens with one attached hydrogen (secondary N) is 1. The molecule has 1 aromatic carbocycles. The number of benzene rings is 1. The first-order chi connectivity index (χ1) is 17.4. The Hall–Kier alpha value is -3.05. The lowest BCUT2D eigenvalue weighted by Crippen LogP contribution is -2.40. The van der Waals surface area contributed by atoms with Crippen LogP contribution in [-0.4, -0.2) is 58.5 Å². The van der Waals surface area contributed by atoms with Gasteiger partial charge in [0.1, 0.15) is 0 Å². The van der Waals surface area contributed by atoms with Crippen LogP contribution < -0.4 is 5.32 Å². The van der Waals surface area contributed by atoms with Crippen LogP contribution in [0.15, 0.2) is 53.8 Å². The summed E-state index contributed by atoms with van der Waals surface area (Å²) in [6.45, 7) is 6.19. The molecule has 0 radical (unpaired) electrons. The molecular weight excluding hydrogens is 500 g/mol. The second kappa shape index (κ2) is 10.1. The molecule has 36 heavy (non-hydrogen) atoms. The monoisotopic (exact) mass is 526 g/mol. The van der Waals surface area contributed by atoms with Gasteiger partial charge in [0, 0.05) is 54.9 Å². The summed E-state index contributed by atoms with van der Waals surface area (Å²) in [5, 5.41) is 4.59. The number of nitrogens with zero attached hydrogens (tertiary/aromatic N) is 5. The Morgan fingerprint density at radius 2 is 1.89 bits per heavy atom. The summed E-state index contributed by atoms with van der Waals surface area (Å²) in [5.74, 6) is 0.364. The van der Waals surface area contributed by atoms with Gasteiger partial charge in [-0.25, -0.2) is 23.4 Å². The van der Waals surface area contributed by atoms with Crippen LogP contribution in [0.3, 0.4) is 0 Å². The van der Waals surface area contributed by atoms with Crippen molar-refractivity contribution in [3.63, 3.8) is 0 Å². The third-order valence-electron chi connectivity index (χ3n) is 6.17. The van der Waals surface area contributed by atoms with Gasteiger partial charge in [0.15, 0.2) is 5.15 Å². The summed E-state index contributed by atoms with van der Waals surface area (Å²) >= 11 is 6.42. The Balaban J connectivity index is 1.48. The Morgan fingerprint density at radius 3 is 2.67 bits per heavy atom. The van der Waals surface area contributed by atoms with Crippen LogP contribution >= 0.6 is 11.6 Å². The minimum absolute atomic E-state index is 0.260. The number of hydrogen-bond acceptors (Lipinski definition) is 7. The van der Waals surface area contributed by atoms with Gasteiger partial charge in [-0.05, 0) is 43.2 Å². The van der Waals surface area contributed by atoms with Crippen molar-refractivity contribution >= 4 is 44.2 Å². The molecule has 4 aromatic rings. The van der Waals surface area contributed by atoms with Crippen molar-refractivity contribution in [1.82, 2.24) is 23.8 Å². The van der Waals surface area contributed by atoms with Gasteiger partial charge in [0.25, 0.3) is 0 Å². The fourth-order valence-corrected chi connectivity index (χ4v) is 6.34. The van der Waals surface area contributed by atoms with Crippen LogP contribution in [0.25, 0.3) is 22.2 Å². The van der Waals surface area contributed by atoms with E-state index in [4.69, 9.17) is 21.3 Å². The molecule has 0 unspecified atom stereocenters. The molecule has 0 saturated carbocycles. The van der Waals surface area contributed by atoms with E-state index in [9.17, 15) is 8.42 Å². The first-order valence-corrected chi connectivity index (χ1v) is 13.6. The summed E-state index contributed by atoms with van der Waals surface area (Å²) in [4.78, 5) is 13.6. The van der Waals surface area contributed by atoms with Crippen molar-refractivity contribution in [3.05, 3.63) is 59.6 Å². The minimum Gasteiger partial charge on any atom is -0.379 e. The summed E-state index contributed by atoms with van der Waals surface area (Å²) < 4.78 is 35.4.